The molecular weight excluding hydrogens is 308 g/mol. The van der Waals surface area contributed by atoms with E-state index >= 15 is 0 Å². The van der Waals surface area contributed by atoms with Gasteiger partial charge in [-0.3, -0.25) is 4.31 Å². The second-order valence-corrected chi connectivity index (χ2v) is 7.32. The zero-order chi connectivity index (χ0) is 14.9. The lowest BCUT2D eigenvalue weighted by Crippen LogP contribution is -2.34. The Bertz CT molecular complexity index is 730. The smallest absolute Gasteiger partial charge is 0.240 e. The van der Waals surface area contributed by atoms with Crippen molar-refractivity contribution >= 4 is 27.4 Å². The van der Waals surface area contributed by atoms with Crippen molar-refractivity contribution in [1.82, 2.24) is 4.98 Å². The third-order valence-electron chi connectivity index (χ3n) is 3.35. The Morgan fingerprint density at radius 3 is 2.48 bits per heavy atom. The zero-order valence-electron chi connectivity index (χ0n) is 11.3. The minimum absolute atomic E-state index is 0.0207. The molecule has 0 N–H and O–H groups in total. The summed E-state index contributed by atoms with van der Waals surface area (Å²) >= 11 is 6.08. The molecule has 1 heterocycles. The van der Waals surface area contributed by atoms with E-state index in [2.05, 4.69) is 4.98 Å². The van der Waals surface area contributed by atoms with E-state index in [1.807, 2.05) is 0 Å². The SMILES string of the molecule is O=S(=O)(Cc1ccccc1Cl)N(c1ccccn1)C1CC1. The van der Waals surface area contributed by atoms with Gasteiger partial charge in [-0.2, -0.15) is 0 Å². The summed E-state index contributed by atoms with van der Waals surface area (Å²) in [5, 5.41) is 0.470. The summed E-state index contributed by atoms with van der Waals surface area (Å²) in [6.45, 7) is 0. The molecule has 0 atom stereocenters. The predicted octanol–water partition coefficient (Wildman–Crippen LogP) is 3.23. The maximum absolute atomic E-state index is 12.8. The lowest BCUT2D eigenvalue weighted by molar-refractivity contribution is 0.589. The lowest BCUT2D eigenvalue weighted by atomic mass is 10.2. The van der Waals surface area contributed by atoms with Crippen molar-refractivity contribution in [2.75, 3.05) is 4.31 Å². The molecule has 1 aliphatic carbocycles. The highest BCUT2D eigenvalue weighted by Crippen LogP contribution is 2.34. The van der Waals surface area contributed by atoms with Crippen LogP contribution in [0.3, 0.4) is 0 Å². The van der Waals surface area contributed by atoms with Crippen molar-refractivity contribution in [2.24, 2.45) is 0 Å². The van der Waals surface area contributed by atoms with Crippen molar-refractivity contribution in [3.8, 4) is 0 Å². The molecule has 0 amide bonds. The summed E-state index contributed by atoms with van der Waals surface area (Å²) < 4.78 is 27.0. The molecule has 0 bridgehead atoms. The largest absolute Gasteiger partial charge is 0.250 e. The normalized spacial score (nSPS) is 14.9. The highest BCUT2D eigenvalue weighted by Gasteiger charge is 2.38. The van der Waals surface area contributed by atoms with Crippen molar-refractivity contribution in [2.45, 2.75) is 24.6 Å². The number of hydrogen-bond acceptors (Lipinski definition) is 3. The first kappa shape index (κ1) is 14.4. The molecule has 21 heavy (non-hydrogen) atoms. The fourth-order valence-electron chi connectivity index (χ4n) is 2.23. The number of rotatable bonds is 5. The van der Waals surface area contributed by atoms with Gasteiger partial charge >= 0.3 is 0 Å². The number of aromatic nitrogens is 1. The van der Waals surface area contributed by atoms with Crippen molar-refractivity contribution in [1.29, 1.82) is 0 Å². The van der Waals surface area contributed by atoms with Gasteiger partial charge in [-0.05, 0) is 36.6 Å². The fraction of sp³-hybridized carbons (Fsp3) is 0.267. The Morgan fingerprint density at radius 2 is 1.86 bits per heavy atom. The van der Waals surface area contributed by atoms with Crippen LogP contribution in [0.5, 0.6) is 0 Å². The Balaban J connectivity index is 1.94. The molecule has 0 aliphatic heterocycles. The average molecular weight is 323 g/mol. The first-order valence-corrected chi connectivity index (χ1v) is 8.73. The number of anilines is 1. The highest BCUT2D eigenvalue weighted by molar-refractivity contribution is 7.92. The minimum Gasteiger partial charge on any atom is -0.250 e. The number of halogens is 1. The molecule has 1 aromatic carbocycles. The zero-order valence-corrected chi connectivity index (χ0v) is 12.9. The van der Waals surface area contributed by atoms with E-state index in [1.54, 1.807) is 48.7 Å². The molecule has 1 aliphatic rings. The summed E-state index contributed by atoms with van der Waals surface area (Å²) in [6.07, 6.45) is 3.35. The maximum atomic E-state index is 12.8. The van der Waals surface area contributed by atoms with Crippen LogP contribution in [0, 0.1) is 0 Å². The van der Waals surface area contributed by atoms with E-state index in [-0.39, 0.29) is 11.8 Å². The summed E-state index contributed by atoms with van der Waals surface area (Å²) in [5.74, 6) is 0.367. The molecular formula is C15H15ClN2O2S. The molecule has 2 aromatic rings. The molecule has 0 spiro atoms. The van der Waals surface area contributed by atoms with Crippen LogP contribution in [0.1, 0.15) is 18.4 Å². The van der Waals surface area contributed by atoms with Crippen LogP contribution in [0.4, 0.5) is 5.82 Å². The molecule has 1 saturated carbocycles. The first-order chi connectivity index (χ1) is 10.1. The monoisotopic (exact) mass is 322 g/mol. The number of pyridine rings is 1. The summed E-state index contributed by atoms with van der Waals surface area (Å²) in [6, 6.07) is 12.3. The van der Waals surface area contributed by atoms with Crippen LogP contribution >= 0.6 is 11.6 Å². The molecule has 0 saturated heterocycles. The van der Waals surface area contributed by atoms with Gasteiger partial charge in [0.25, 0.3) is 0 Å². The first-order valence-electron chi connectivity index (χ1n) is 6.74. The second kappa shape index (κ2) is 5.66. The van der Waals surface area contributed by atoms with E-state index in [0.717, 1.165) is 12.8 Å². The van der Waals surface area contributed by atoms with Crippen molar-refractivity contribution in [3.05, 3.63) is 59.2 Å². The number of sulfonamides is 1. The molecule has 4 nitrogen and oxygen atoms in total. The molecule has 110 valence electrons. The van der Waals surface area contributed by atoms with Gasteiger partial charge in [0.2, 0.25) is 10.0 Å². The van der Waals surface area contributed by atoms with Gasteiger partial charge in [-0.15, -0.1) is 0 Å². The molecule has 6 heteroatoms. The number of benzene rings is 1. The van der Waals surface area contributed by atoms with Crippen LogP contribution in [0.15, 0.2) is 48.7 Å². The van der Waals surface area contributed by atoms with Crippen molar-refractivity contribution in [3.63, 3.8) is 0 Å². The molecule has 1 fully saturated rings. The van der Waals surface area contributed by atoms with Crippen LogP contribution in [-0.2, 0) is 15.8 Å². The van der Waals surface area contributed by atoms with E-state index < -0.39 is 10.0 Å². The number of nitrogens with zero attached hydrogens (tertiary/aromatic N) is 2. The Morgan fingerprint density at radius 1 is 1.14 bits per heavy atom. The Labute approximate surface area is 129 Å². The van der Waals surface area contributed by atoms with Crippen LogP contribution in [0.25, 0.3) is 0 Å². The standard InChI is InChI=1S/C15H15ClN2O2S/c16-14-6-2-1-5-12(14)11-21(19,20)18(13-8-9-13)15-7-3-4-10-17-15/h1-7,10,13H,8-9,11H2. The Hall–Kier alpha value is -1.59. The third kappa shape index (κ3) is 3.19. The van der Waals surface area contributed by atoms with Gasteiger partial charge < -0.3 is 0 Å². The van der Waals surface area contributed by atoms with Crippen LogP contribution in [-0.4, -0.2) is 19.4 Å². The molecule has 1 aromatic heterocycles. The second-order valence-electron chi connectivity index (χ2n) is 5.06. The van der Waals surface area contributed by atoms with Gasteiger partial charge in [0.15, 0.2) is 0 Å². The highest BCUT2D eigenvalue weighted by atomic mass is 35.5. The third-order valence-corrected chi connectivity index (χ3v) is 5.48. The van der Waals surface area contributed by atoms with Gasteiger partial charge in [0, 0.05) is 17.3 Å². The summed E-state index contributed by atoms with van der Waals surface area (Å²) in [7, 11) is -3.50. The van der Waals surface area contributed by atoms with Gasteiger partial charge in [-0.25, -0.2) is 13.4 Å². The molecule has 3 rings (SSSR count). The van der Waals surface area contributed by atoms with E-state index in [0.29, 0.717) is 16.4 Å². The number of hydrogen-bond donors (Lipinski definition) is 0. The van der Waals surface area contributed by atoms with Gasteiger partial charge in [0.05, 0.1) is 5.75 Å². The Kier molecular flexibility index (Phi) is 3.87. The van der Waals surface area contributed by atoms with Gasteiger partial charge in [0.1, 0.15) is 5.82 Å². The quantitative estimate of drug-likeness (QED) is 0.849. The van der Waals surface area contributed by atoms with Gasteiger partial charge in [-0.1, -0.05) is 35.9 Å². The van der Waals surface area contributed by atoms with Crippen molar-refractivity contribution < 1.29 is 8.42 Å². The molecule has 0 radical (unpaired) electrons. The topological polar surface area (TPSA) is 50.3 Å². The van der Waals surface area contributed by atoms with Crippen LogP contribution < -0.4 is 4.31 Å². The van der Waals surface area contributed by atoms with E-state index in [1.165, 1.54) is 4.31 Å². The van der Waals surface area contributed by atoms with E-state index in [4.69, 9.17) is 11.6 Å². The predicted molar refractivity (Wildman–Crippen MR) is 83.8 cm³/mol. The maximum Gasteiger partial charge on any atom is 0.240 e. The molecule has 0 unspecified atom stereocenters. The summed E-state index contributed by atoms with van der Waals surface area (Å²) in [4.78, 5) is 4.18. The lowest BCUT2D eigenvalue weighted by Gasteiger charge is -2.23. The summed E-state index contributed by atoms with van der Waals surface area (Å²) in [5.41, 5.74) is 0.612. The van der Waals surface area contributed by atoms with Crippen LogP contribution in [0.2, 0.25) is 5.02 Å². The average Bonchev–Trinajstić information content (AvgIpc) is 3.27. The minimum atomic E-state index is -3.50. The fourth-order valence-corrected chi connectivity index (χ4v) is 4.36. The van der Waals surface area contributed by atoms with E-state index in [9.17, 15) is 8.42 Å².